The van der Waals surface area contributed by atoms with Crippen LogP contribution in [0.2, 0.25) is 0 Å². The third-order valence-electron chi connectivity index (χ3n) is 5.73. The summed E-state index contributed by atoms with van der Waals surface area (Å²) in [4.78, 5) is 48.7. The molecule has 1 heterocycles. The zero-order chi connectivity index (χ0) is 27.2. The van der Waals surface area contributed by atoms with E-state index in [2.05, 4.69) is 10.6 Å². The summed E-state index contributed by atoms with van der Waals surface area (Å²) in [7, 11) is 1.65. The van der Waals surface area contributed by atoms with Crippen LogP contribution in [0, 0.1) is 0 Å². The topological polar surface area (TPSA) is 132 Å². The van der Waals surface area contributed by atoms with E-state index in [1.807, 2.05) is 13.8 Å². The van der Waals surface area contributed by atoms with Gasteiger partial charge in [0.2, 0.25) is 17.7 Å². The van der Waals surface area contributed by atoms with E-state index in [1.165, 1.54) is 0 Å². The third-order valence-corrected chi connectivity index (χ3v) is 6.10. The van der Waals surface area contributed by atoms with E-state index in [0.717, 1.165) is 4.90 Å². The molecule has 0 spiro atoms. The lowest BCUT2D eigenvalue weighted by Crippen LogP contribution is -2.46. The molecule has 12 heteroatoms. The van der Waals surface area contributed by atoms with Gasteiger partial charge in [0.15, 0.2) is 0 Å². The van der Waals surface area contributed by atoms with Crippen LogP contribution in [0.4, 0.5) is 0 Å². The molecule has 1 unspecified atom stereocenters. The highest BCUT2D eigenvalue weighted by atomic mass is 32.1. The van der Waals surface area contributed by atoms with Gasteiger partial charge < -0.3 is 42.2 Å². The maximum Gasteiger partial charge on any atom is 0.251 e. The van der Waals surface area contributed by atoms with Gasteiger partial charge in [-0.05, 0) is 40.5 Å². The molecule has 1 atom stereocenters. The van der Waals surface area contributed by atoms with Crippen LogP contribution < -0.4 is 10.6 Å². The van der Waals surface area contributed by atoms with Crippen LogP contribution in [0.15, 0.2) is 0 Å². The maximum absolute atomic E-state index is 12.3. The van der Waals surface area contributed by atoms with Crippen LogP contribution >= 0.6 is 0 Å². The van der Waals surface area contributed by atoms with Gasteiger partial charge >= 0.3 is 0 Å². The van der Waals surface area contributed by atoms with Crippen LogP contribution in [0.25, 0.3) is 0 Å². The first kappa shape index (κ1) is 32.3. The second kappa shape index (κ2) is 16.2. The summed E-state index contributed by atoms with van der Waals surface area (Å²) in [5.74, 6) is -0.996. The van der Waals surface area contributed by atoms with E-state index in [0.29, 0.717) is 59.0 Å². The van der Waals surface area contributed by atoms with Crippen molar-refractivity contribution in [2.45, 2.75) is 69.8 Å². The lowest BCUT2D eigenvalue weighted by molar-refractivity contribution is -0.145. The summed E-state index contributed by atoms with van der Waals surface area (Å²) in [6.45, 7) is 10.1. The average molecular weight is 533 g/mol. The molecule has 0 aromatic heterocycles. The fourth-order valence-electron chi connectivity index (χ4n) is 3.13. The van der Waals surface area contributed by atoms with Crippen molar-refractivity contribution in [2.24, 2.45) is 0 Å². The summed E-state index contributed by atoms with van der Waals surface area (Å²) >= 11 is 4.91. The summed E-state index contributed by atoms with van der Waals surface area (Å²) in [6.07, 6.45) is 1.34. The Morgan fingerprint density at radius 3 is 2.17 bits per heavy atom. The molecular weight excluding hydrogens is 490 g/mol. The molecule has 36 heavy (non-hydrogen) atoms. The highest BCUT2D eigenvalue weighted by Gasteiger charge is 2.31. The van der Waals surface area contributed by atoms with E-state index < -0.39 is 10.9 Å². The first-order valence-electron chi connectivity index (χ1n) is 12.3. The zero-order valence-electron chi connectivity index (χ0n) is 22.2. The van der Waals surface area contributed by atoms with Crippen molar-refractivity contribution in [3.63, 3.8) is 0 Å². The number of hydrogen-bond donors (Lipinski definition) is 2. The largest absolute Gasteiger partial charge is 0.779 e. The molecule has 0 aliphatic carbocycles. The number of ether oxygens (including phenoxy) is 4. The third kappa shape index (κ3) is 12.5. The number of carbonyl (C=O) groups excluding carboxylic acids is 4. The van der Waals surface area contributed by atoms with Crippen LogP contribution in [-0.2, 0) is 50.8 Å². The molecule has 11 nitrogen and oxygen atoms in total. The van der Waals surface area contributed by atoms with Crippen molar-refractivity contribution in [1.29, 1.82) is 0 Å². The number of likely N-dealkylation sites (tertiary alicyclic amines) is 1. The standard InChI is InChI=1S/C24H43N3O8S/c1-23(2,32-5)8-12-35-24(3,4)22(31)26-10-14-34-16-15-33-13-9-25-19(28)7-6-11-27-20(29)17-18(36)21(27)30/h18,36H,6-17H2,1-5H3,(H,25,28)(H,26,31)/p-1. The first-order valence-corrected chi connectivity index (χ1v) is 12.8. The monoisotopic (exact) mass is 532 g/mol. The Morgan fingerprint density at radius 2 is 1.61 bits per heavy atom. The van der Waals surface area contributed by atoms with Gasteiger partial charge in [-0.15, -0.1) is 0 Å². The van der Waals surface area contributed by atoms with Gasteiger partial charge in [-0.3, -0.25) is 24.1 Å². The van der Waals surface area contributed by atoms with E-state index in [4.69, 9.17) is 31.6 Å². The minimum atomic E-state index is -0.950. The van der Waals surface area contributed by atoms with Crippen molar-refractivity contribution < 1.29 is 38.1 Å². The summed E-state index contributed by atoms with van der Waals surface area (Å²) < 4.78 is 21.9. The van der Waals surface area contributed by atoms with E-state index in [-0.39, 0.29) is 48.6 Å². The Labute approximate surface area is 219 Å². The molecule has 0 saturated carbocycles. The van der Waals surface area contributed by atoms with Crippen LogP contribution in [0.3, 0.4) is 0 Å². The Hall–Kier alpha value is -1.73. The summed E-state index contributed by atoms with van der Waals surface area (Å²) in [5, 5.41) is 4.84. The van der Waals surface area contributed by atoms with Crippen molar-refractivity contribution in [3.8, 4) is 0 Å². The highest BCUT2D eigenvalue weighted by Crippen LogP contribution is 2.17. The minimum absolute atomic E-state index is 0.0671. The fraction of sp³-hybridized carbons (Fsp3) is 0.833. The Kier molecular flexibility index (Phi) is 14.5. The quantitative estimate of drug-likeness (QED) is 0.137. The van der Waals surface area contributed by atoms with Gasteiger partial charge in [-0.1, -0.05) is 5.25 Å². The van der Waals surface area contributed by atoms with Crippen LogP contribution in [0.1, 0.15) is 53.4 Å². The number of nitrogens with one attached hydrogen (secondary N) is 2. The number of rotatable bonds is 19. The molecule has 0 bridgehead atoms. The maximum atomic E-state index is 12.3. The number of amides is 4. The molecule has 208 valence electrons. The molecule has 1 fully saturated rings. The Balaban J connectivity index is 1.98. The number of imide groups is 1. The van der Waals surface area contributed by atoms with Gasteiger partial charge in [-0.2, -0.15) is 0 Å². The van der Waals surface area contributed by atoms with Gasteiger partial charge in [0.1, 0.15) is 5.60 Å². The molecule has 2 N–H and O–H groups in total. The number of methoxy groups -OCH3 is 1. The van der Waals surface area contributed by atoms with Gasteiger partial charge in [-0.25, -0.2) is 0 Å². The molecule has 1 rings (SSSR count). The number of carbonyl (C=O) groups is 4. The van der Waals surface area contributed by atoms with Gasteiger partial charge in [0.25, 0.3) is 5.91 Å². The fourth-order valence-corrected chi connectivity index (χ4v) is 3.40. The van der Waals surface area contributed by atoms with Crippen molar-refractivity contribution in [3.05, 3.63) is 0 Å². The molecule has 1 aliphatic rings. The molecule has 0 radical (unpaired) electrons. The van der Waals surface area contributed by atoms with Crippen molar-refractivity contribution >= 4 is 36.3 Å². The zero-order valence-corrected chi connectivity index (χ0v) is 23.0. The second-order valence-electron chi connectivity index (χ2n) is 9.58. The normalized spacial score (nSPS) is 16.5. The summed E-state index contributed by atoms with van der Waals surface area (Å²) in [5.41, 5.74) is -1.25. The highest BCUT2D eigenvalue weighted by molar-refractivity contribution is 7.60. The summed E-state index contributed by atoms with van der Waals surface area (Å²) in [6, 6.07) is 0. The Morgan fingerprint density at radius 1 is 1.00 bits per heavy atom. The lowest BCUT2D eigenvalue weighted by atomic mass is 10.1. The predicted octanol–water partition coefficient (Wildman–Crippen LogP) is 0.317. The minimum Gasteiger partial charge on any atom is -0.779 e. The number of nitrogens with zero attached hydrogens (tertiary/aromatic N) is 1. The van der Waals surface area contributed by atoms with Crippen molar-refractivity contribution in [1.82, 2.24) is 15.5 Å². The van der Waals surface area contributed by atoms with Gasteiger partial charge in [0.05, 0.1) is 38.6 Å². The van der Waals surface area contributed by atoms with E-state index in [9.17, 15) is 19.2 Å². The first-order chi connectivity index (χ1) is 16.9. The van der Waals surface area contributed by atoms with E-state index in [1.54, 1.807) is 21.0 Å². The SMILES string of the molecule is COC(C)(C)CCOC(C)(C)C(=O)NCCOCCOCCNC(=O)CCCN1C(=O)CC([S-])C1=O. The molecule has 0 aromatic rings. The number of hydrogen-bond acceptors (Lipinski definition) is 9. The Bertz CT molecular complexity index is 732. The molecule has 4 amide bonds. The molecule has 1 aliphatic heterocycles. The van der Waals surface area contributed by atoms with Crippen LogP contribution in [0.5, 0.6) is 0 Å². The van der Waals surface area contributed by atoms with E-state index >= 15 is 0 Å². The molecule has 1 saturated heterocycles. The molecular formula is C24H42N3O8S-. The average Bonchev–Trinajstić information content (AvgIpc) is 3.05. The predicted molar refractivity (Wildman–Crippen MR) is 135 cm³/mol. The second-order valence-corrected chi connectivity index (χ2v) is 10.2. The van der Waals surface area contributed by atoms with Gasteiger partial charge in [0, 0.05) is 39.6 Å². The lowest BCUT2D eigenvalue weighted by Gasteiger charge is -2.28. The van der Waals surface area contributed by atoms with Crippen molar-refractivity contribution in [2.75, 3.05) is 59.8 Å². The van der Waals surface area contributed by atoms with Crippen LogP contribution in [-0.4, -0.2) is 105 Å². The molecule has 0 aromatic carbocycles. The smallest absolute Gasteiger partial charge is 0.251 e.